The Morgan fingerprint density at radius 3 is 2.23 bits per heavy atom. The van der Waals surface area contributed by atoms with Gasteiger partial charge in [-0.15, -0.1) is 0 Å². The van der Waals surface area contributed by atoms with E-state index in [4.69, 9.17) is 11.6 Å². The third-order valence-corrected chi connectivity index (χ3v) is 3.95. The fourth-order valence-corrected chi connectivity index (χ4v) is 2.63. The van der Waals surface area contributed by atoms with Crippen molar-refractivity contribution in [3.8, 4) is 0 Å². The SMILES string of the molecule is O=C(Nc1ccccc1Nc1ccccc1)c1ccc([N+](=O)[O-])cc1Cl. The summed E-state index contributed by atoms with van der Waals surface area (Å²) in [6.07, 6.45) is 0. The number of non-ortho nitro benzene ring substituents is 1. The Balaban J connectivity index is 1.83. The van der Waals surface area contributed by atoms with Gasteiger partial charge in [0, 0.05) is 17.8 Å². The second kappa shape index (κ2) is 7.67. The topological polar surface area (TPSA) is 84.3 Å². The highest BCUT2D eigenvalue weighted by atomic mass is 35.5. The Morgan fingerprint density at radius 2 is 1.58 bits per heavy atom. The molecule has 0 saturated heterocycles. The normalized spacial score (nSPS) is 10.2. The Morgan fingerprint density at radius 1 is 0.923 bits per heavy atom. The number of halogens is 1. The molecule has 0 aliphatic rings. The molecule has 0 unspecified atom stereocenters. The summed E-state index contributed by atoms with van der Waals surface area (Å²) < 4.78 is 0. The highest BCUT2D eigenvalue weighted by Crippen LogP contribution is 2.27. The standard InChI is InChI=1S/C19H14ClN3O3/c20-16-12-14(23(25)26)10-11-15(16)19(24)22-18-9-5-4-8-17(18)21-13-6-2-1-3-7-13/h1-12,21H,(H,22,24). The molecule has 7 heteroatoms. The van der Waals surface area contributed by atoms with Crippen LogP contribution in [0.5, 0.6) is 0 Å². The molecule has 3 rings (SSSR count). The summed E-state index contributed by atoms with van der Waals surface area (Å²) in [6.45, 7) is 0. The Hall–Kier alpha value is -3.38. The zero-order valence-electron chi connectivity index (χ0n) is 13.5. The smallest absolute Gasteiger partial charge is 0.270 e. The van der Waals surface area contributed by atoms with Crippen LogP contribution in [0, 0.1) is 10.1 Å². The number of nitro groups is 1. The van der Waals surface area contributed by atoms with E-state index in [9.17, 15) is 14.9 Å². The first kappa shape index (κ1) is 17.4. The molecule has 0 spiro atoms. The Kier molecular flexibility index (Phi) is 5.15. The van der Waals surface area contributed by atoms with Crippen molar-refractivity contribution >= 4 is 40.3 Å². The van der Waals surface area contributed by atoms with Gasteiger partial charge in [0.25, 0.3) is 11.6 Å². The van der Waals surface area contributed by atoms with Gasteiger partial charge in [-0.25, -0.2) is 0 Å². The average molecular weight is 368 g/mol. The monoisotopic (exact) mass is 367 g/mol. The van der Waals surface area contributed by atoms with Crippen LogP contribution in [0.1, 0.15) is 10.4 Å². The van der Waals surface area contributed by atoms with Crippen LogP contribution in [0.15, 0.2) is 72.8 Å². The fourth-order valence-electron chi connectivity index (χ4n) is 2.37. The minimum atomic E-state index is -0.563. The van der Waals surface area contributed by atoms with Crippen LogP contribution >= 0.6 is 11.6 Å². The van der Waals surface area contributed by atoms with Crippen molar-refractivity contribution in [1.29, 1.82) is 0 Å². The highest BCUT2D eigenvalue weighted by Gasteiger charge is 2.16. The fraction of sp³-hybridized carbons (Fsp3) is 0. The first-order valence-corrected chi connectivity index (χ1v) is 8.09. The second-order valence-electron chi connectivity index (χ2n) is 5.41. The van der Waals surface area contributed by atoms with Gasteiger partial charge in [-0.1, -0.05) is 41.9 Å². The molecule has 130 valence electrons. The Labute approximate surface area is 154 Å². The quantitative estimate of drug-likeness (QED) is 0.476. The summed E-state index contributed by atoms with van der Waals surface area (Å²) in [5.41, 5.74) is 2.15. The minimum absolute atomic E-state index is 0.0187. The zero-order chi connectivity index (χ0) is 18.5. The van der Waals surface area contributed by atoms with Crippen LogP contribution in [-0.4, -0.2) is 10.8 Å². The predicted octanol–water partition coefficient (Wildman–Crippen LogP) is 5.24. The number of nitrogens with zero attached hydrogens (tertiary/aromatic N) is 1. The first-order chi connectivity index (χ1) is 12.5. The van der Waals surface area contributed by atoms with Crippen molar-refractivity contribution in [2.45, 2.75) is 0 Å². The molecule has 0 aliphatic heterocycles. The number of amides is 1. The van der Waals surface area contributed by atoms with Gasteiger partial charge < -0.3 is 10.6 Å². The number of hydrogen-bond acceptors (Lipinski definition) is 4. The van der Waals surface area contributed by atoms with E-state index in [1.165, 1.54) is 12.1 Å². The van der Waals surface area contributed by atoms with E-state index < -0.39 is 10.8 Å². The molecule has 0 fully saturated rings. The van der Waals surface area contributed by atoms with Gasteiger partial charge in [-0.2, -0.15) is 0 Å². The zero-order valence-corrected chi connectivity index (χ0v) is 14.2. The van der Waals surface area contributed by atoms with Crippen molar-refractivity contribution < 1.29 is 9.72 Å². The van der Waals surface area contributed by atoms with Crippen molar-refractivity contribution in [2.75, 3.05) is 10.6 Å². The summed E-state index contributed by atoms with van der Waals surface area (Å²) in [6, 6.07) is 20.5. The maximum Gasteiger partial charge on any atom is 0.270 e. The van der Waals surface area contributed by atoms with E-state index in [-0.39, 0.29) is 16.3 Å². The van der Waals surface area contributed by atoms with Crippen molar-refractivity contribution in [3.63, 3.8) is 0 Å². The molecule has 2 N–H and O–H groups in total. The molecule has 0 aliphatic carbocycles. The van der Waals surface area contributed by atoms with E-state index >= 15 is 0 Å². The number of nitro benzene ring substituents is 1. The van der Waals surface area contributed by atoms with Crippen molar-refractivity contribution in [1.82, 2.24) is 0 Å². The third-order valence-electron chi connectivity index (χ3n) is 3.64. The third kappa shape index (κ3) is 3.99. The van der Waals surface area contributed by atoms with Crippen LogP contribution < -0.4 is 10.6 Å². The van der Waals surface area contributed by atoms with Crippen LogP contribution in [-0.2, 0) is 0 Å². The summed E-state index contributed by atoms with van der Waals surface area (Å²) in [4.78, 5) is 22.7. The maximum atomic E-state index is 12.5. The van der Waals surface area contributed by atoms with Crippen LogP contribution in [0.2, 0.25) is 5.02 Å². The van der Waals surface area contributed by atoms with Gasteiger partial charge in [-0.05, 0) is 30.3 Å². The number of nitrogens with one attached hydrogen (secondary N) is 2. The average Bonchev–Trinajstić information content (AvgIpc) is 2.64. The minimum Gasteiger partial charge on any atom is -0.354 e. The number of para-hydroxylation sites is 3. The number of hydrogen-bond donors (Lipinski definition) is 2. The molecule has 0 radical (unpaired) electrons. The summed E-state index contributed by atoms with van der Waals surface area (Å²) in [5, 5.41) is 16.8. The second-order valence-corrected chi connectivity index (χ2v) is 5.82. The molecule has 0 aromatic heterocycles. The molecule has 26 heavy (non-hydrogen) atoms. The summed E-state index contributed by atoms with van der Waals surface area (Å²) in [5.74, 6) is -0.452. The van der Waals surface area contributed by atoms with Gasteiger partial charge in [0.1, 0.15) is 0 Å². The van der Waals surface area contributed by atoms with Gasteiger partial charge in [0.05, 0.1) is 26.9 Å². The number of benzene rings is 3. The van der Waals surface area contributed by atoms with E-state index in [0.717, 1.165) is 11.8 Å². The summed E-state index contributed by atoms with van der Waals surface area (Å²) >= 11 is 6.02. The van der Waals surface area contributed by atoms with E-state index in [2.05, 4.69) is 10.6 Å². The maximum absolute atomic E-state index is 12.5. The molecule has 3 aromatic rings. The lowest BCUT2D eigenvalue weighted by Crippen LogP contribution is -2.13. The van der Waals surface area contributed by atoms with Gasteiger partial charge >= 0.3 is 0 Å². The van der Waals surface area contributed by atoms with E-state index in [0.29, 0.717) is 11.4 Å². The van der Waals surface area contributed by atoms with Gasteiger partial charge in [0.2, 0.25) is 0 Å². The van der Waals surface area contributed by atoms with E-state index in [1.807, 2.05) is 42.5 Å². The molecule has 3 aromatic carbocycles. The molecular formula is C19H14ClN3O3. The number of carbonyl (C=O) groups is 1. The molecular weight excluding hydrogens is 354 g/mol. The number of anilines is 3. The summed E-state index contributed by atoms with van der Waals surface area (Å²) in [7, 11) is 0. The molecule has 0 saturated carbocycles. The van der Waals surface area contributed by atoms with Crippen molar-refractivity contribution in [2.24, 2.45) is 0 Å². The number of carbonyl (C=O) groups excluding carboxylic acids is 1. The lowest BCUT2D eigenvalue weighted by Gasteiger charge is -2.13. The van der Waals surface area contributed by atoms with Crippen molar-refractivity contribution in [3.05, 3.63) is 93.5 Å². The first-order valence-electron chi connectivity index (χ1n) is 7.71. The molecule has 0 atom stereocenters. The van der Waals surface area contributed by atoms with Gasteiger partial charge in [0.15, 0.2) is 0 Å². The van der Waals surface area contributed by atoms with Gasteiger partial charge in [-0.3, -0.25) is 14.9 Å². The molecule has 0 heterocycles. The lowest BCUT2D eigenvalue weighted by molar-refractivity contribution is -0.384. The molecule has 1 amide bonds. The lowest BCUT2D eigenvalue weighted by atomic mass is 10.1. The molecule has 0 bridgehead atoms. The number of rotatable bonds is 5. The van der Waals surface area contributed by atoms with Crippen LogP contribution in [0.3, 0.4) is 0 Å². The largest absolute Gasteiger partial charge is 0.354 e. The van der Waals surface area contributed by atoms with E-state index in [1.54, 1.807) is 12.1 Å². The molecule has 6 nitrogen and oxygen atoms in total. The predicted molar refractivity (Wildman–Crippen MR) is 102 cm³/mol. The highest BCUT2D eigenvalue weighted by molar-refractivity contribution is 6.34. The van der Waals surface area contributed by atoms with Crippen LogP contribution in [0.25, 0.3) is 0 Å². The van der Waals surface area contributed by atoms with Crippen LogP contribution in [0.4, 0.5) is 22.7 Å². The Bertz CT molecular complexity index is 961.